The van der Waals surface area contributed by atoms with Gasteiger partial charge in [-0.2, -0.15) is 13.1 Å². The van der Waals surface area contributed by atoms with Crippen molar-refractivity contribution < 1.29 is 13.2 Å². The second kappa shape index (κ2) is 7.76. The van der Waals surface area contributed by atoms with Gasteiger partial charge in [0.05, 0.1) is 6.61 Å². The van der Waals surface area contributed by atoms with E-state index in [9.17, 15) is 8.42 Å². The summed E-state index contributed by atoms with van der Waals surface area (Å²) in [6.07, 6.45) is 0.516. The largest absolute Gasteiger partial charge is 0.383 e. The van der Waals surface area contributed by atoms with Gasteiger partial charge in [0, 0.05) is 26.6 Å². The van der Waals surface area contributed by atoms with Crippen LogP contribution in [-0.4, -0.2) is 35.2 Å². The maximum absolute atomic E-state index is 11.1. The highest BCUT2D eigenvalue weighted by Gasteiger charge is 2.05. The number of rotatable bonds is 7. The average Bonchev–Trinajstić information content (AvgIpc) is 2.13. The van der Waals surface area contributed by atoms with Crippen molar-refractivity contribution in [2.24, 2.45) is 0 Å². The van der Waals surface area contributed by atoms with Crippen molar-refractivity contribution in [2.75, 3.05) is 26.8 Å². The van der Waals surface area contributed by atoms with Crippen molar-refractivity contribution in [1.82, 2.24) is 9.44 Å². The normalized spacial score (nSPS) is 10.7. The highest BCUT2D eigenvalue weighted by atomic mass is 32.2. The first kappa shape index (κ1) is 13.4. The van der Waals surface area contributed by atoms with Gasteiger partial charge >= 0.3 is 0 Å². The Labute approximate surface area is 85.4 Å². The quantitative estimate of drug-likeness (QED) is 0.448. The van der Waals surface area contributed by atoms with E-state index in [4.69, 9.17) is 4.74 Å². The zero-order valence-corrected chi connectivity index (χ0v) is 9.28. The minimum atomic E-state index is -3.38. The molecule has 0 aromatic carbocycles. The van der Waals surface area contributed by atoms with E-state index in [1.54, 1.807) is 6.92 Å². The molecular formula is C8H16N2O3S. The van der Waals surface area contributed by atoms with Crippen LogP contribution in [0.15, 0.2) is 0 Å². The number of methoxy groups -OCH3 is 1. The summed E-state index contributed by atoms with van der Waals surface area (Å²) in [5.74, 6) is 5.44. The molecule has 0 saturated carbocycles. The molecule has 14 heavy (non-hydrogen) atoms. The summed E-state index contributed by atoms with van der Waals surface area (Å²) in [7, 11) is -1.87. The molecule has 0 saturated heterocycles. The van der Waals surface area contributed by atoms with Gasteiger partial charge in [-0.3, -0.25) is 0 Å². The Kier molecular flexibility index (Phi) is 7.42. The van der Waals surface area contributed by atoms with Crippen LogP contribution in [0.3, 0.4) is 0 Å². The highest BCUT2D eigenvalue weighted by molar-refractivity contribution is 7.87. The minimum Gasteiger partial charge on any atom is -0.383 e. The Balaban J connectivity index is 3.65. The van der Waals surface area contributed by atoms with Crippen molar-refractivity contribution in [3.8, 4) is 11.8 Å². The summed E-state index contributed by atoms with van der Waals surface area (Å²) >= 11 is 0. The lowest BCUT2D eigenvalue weighted by atomic mass is 10.4. The molecular weight excluding hydrogens is 204 g/mol. The van der Waals surface area contributed by atoms with Gasteiger partial charge in [-0.15, -0.1) is 11.8 Å². The van der Waals surface area contributed by atoms with Crippen LogP contribution in [0.1, 0.15) is 13.3 Å². The van der Waals surface area contributed by atoms with E-state index in [0.717, 1.165) is 0 Å². The van der Waals surface area contributed by atoms with E-state index >= 15 is 0 Å². The molecule has 6 heteroatoms. The van der Waals surface area contributed by atoms with Gasteiger partial charge < -0.3 is 4.74 Å². The van der Waals surface area contributed by atoms with Crippen LogP contribution in [0.25, 0.3) is 0 Å². The van der Waals surface area contributed by atoms with Crippen molar-refractivity contribution in [3.63, 3.8) is 0 Å². The lowest BCUT2D eigenvalue weighted by Crippen LogP contribution is -2.38. The standard InChI is InChI=1S/C8H16N2O3S/c1-3-4-5-6-9-14(11,12)10-7-8-13-2/h9-10H,5-8H2,1-2H3. The molecule has 0 aliphatic rings. The average molecular weight is 220 g/mol. The first-order valence-electron chi connectivity index (χ1n) is 4.25. The minimum absolute atomic E-state index is 0.269. The topological polar surface area (TPSA) is 67.4 Å². The first-order valence-corrected chi connectivity index (χ1v) is 5.73. The van der Waals surface area contributed by atoms with E-state index in [1.807, 2.05) is 0 Å². The van der Waals surface area contributed by atoms with E-state index in [2.05, 4.69) is 21.3 Å². The van der Waals surface area contributed by atoms with Crippen LogP contribution in [0.5, 0.6) is 0 Å². The summed E-state index contributed by atoms with van der Waals surface area (Å²) in [6.45, 7) is 2.66. The maximum Gasteiger partial charge on any atom is 0.277 e. The number of hydrogen-bond acceptors (Lipinski definition) is 3. The molecule has 0 bridgehead atoms. The Morgan fingerprint density at radius 2 is 1.93 bits per heavy atom. The van der Waals surface area contributed by atoms with Gasteiger partial charge in [-0.1, -0.05) is 0 Å². The molecule has 0 aliphatic carbocycles. The SMILES string of the molecule is CC#CCCNS(=O)(=O)NCCOC. The lowest BCUT2D eigenvalue weighted by Gasteiger charge is -2.05. The van der Waals surface area contributed by atoms with E-state index in [0.29, 0.717) is 19.6 Å². The predicted molar refractivity (Wildman–Crippen MR) is 54.9 cm³/mol. The molecule has 0 radical (unpaired) electrons. The fraction of sp³-hybridized carbons (Fsp3) is 0.750. The fourth-order valence-corrected chi connectivity index (χ4v) is 1.53. The predicted octanol–water partition coefficient (Wildman–Crippen LogP) is -0.530. The smallest absolute Gasteiger partial charge is 0.277 e. The fourth-order valence-electron chi connectivity index (χ4n) is 0.702. The van der Waals surface area contributed by atoms with Gasteiger partial charge in [0.2, 0.25) is 0 Å². The second-order valence-electron chi connectivity index (χ2n) is 2.46. The van der Waals surface area contributed by atoms with Crippen molar-refractivity contribution >= 4 is 10.2 Å². The van der Waals surface area contributed by atoms with Gasteiger partial charge in [0.15, 0.2) is 0 Å². The molecule has 0 spiro atoms. The van der Waals surface area contributed by atoms with Crippen molar-refractivity contribution in [3.05, 3.63) is 0 Å². The van der Waals surface area contributed by atoms with Crippen LogP contribution < -0.4 is 9.44 Å². The molecule has 0 fully saturated rings. The van der Waals surface area contributed by atoms with Crippen molar-refractivity contribution in [1.29, 1.82) is 0 Å². The van der Waals surface area contributed by atoms with Gasteiger partial charge in [0.1, 0.15) is 0 Å². The van der Waals surface area contributed by atoms with Crippen LogP contribution in [-0.2, 0) is 14.9 Å². The Morgan fingerprint density at radius 1 is 1.29 bits per heavy atom. The van der Waals surface area contributed by atoms with Gasteiger partial charge in [-0.05, 0) is 6.92 Å². The molecule has 0 rings (SSSR count). The third-order valence-corrected chi connectivity index (χ3v) is 2.49. The summed E-state index contributed by atoms with van der Waals surface area (Å²) in [4.78, 5) is 0. The number of hydrogen-bond donors (Lipinski definition) is 2. The molecule has 0 aromatic rings. The molecule has 0 unspecified atom stereocenters. The number of ether oxygens (including phenoxy) is 1. The third-order valence-electron chi connectivity index (χ3n) is 1.32. The van der Waals surface area contributed by atoms with E-state index < -0.39 is 10.2 Å². The first-order chi connectivity index (χ1) is 6.62. The van der Waals surface area contributed by atoms with Gasteiger partial charge in [-0.25, -0.2) is 4.72 Å². The molecule has 0 atom stereocenters. The van der Waals surface area contributed by atoms with Crippen LogP contribution in [0.4, 0.5) is 0 Å². The Hall–Kier alpha value is -0.610. The molecule has 2 N–H and O–H groups in total. The Morgan fingerprint density at radius 3 is 2.50 bits per heavy atom. The van der Waals surface area contributed by atoms with Crippen LogP contribution in [0.2, 0.25) is 0 Å². The molecule has 0 heterocycles. The van der Waals surface area contributed by atoms with E-state index in [-0.39, 0.29) is 6.54 Å². The zero-order chi connectivity index (χ0) is 10.9. The molecule has 0 aliphatic heterocycles. The second-order valence-corrected chi connectivity index (χ2v) is 4.05. The molecule has 0 amide bonds. The Bertz CT molecular complexity index is 289. The third kappa shape index (κ3) is 8.01. The molecule has 5 nitrogen and oxygen atoms in total. The van der Waals surface area contributed by atoms with Gasteiger partial charge in [0.25, 0.3) is 10.2 Å². The summed E-state index contributed by atoms with van der Waals surface area (Å²) < 4.78 is 31.7. The van der Waals surface area contributed by atoms with Crippen LogP contribution >= 0.6 is 0 Å². The molecule has 0 aromatic heterocycles. The zero-order valence-electron chi connectivity index (χ0n) is 8.46. The van der Waals surface area contributed by atoms with Crippen molar-refractivity contribution in [2.45, 2.75) is 13.3 Å². The summed E-state index contributed by atoms with van der Waals surface area (Å²) in [6, 6.07) is 0. The lowest BCUT2D eigenvalue weighted by molar-refractivity contribution is 0.204. The summed E-state index contributed by atoms with van der Waals surface area (Å²) in [5.41, 5.74) is 0. The maximum atomic E-state index is 11.1. The molecule has 82 valence electrons. The monoisotopic (exact) mass is 220 g/mol. The summed E-state index contributed by atoms with van der Waals surface area (Å²) in [5, 5.41) is 0. The number of nitrogens with one attached hydrogen (secondary N) is 2. The van der Waals surface area contributed by atoms with Crippen LogP contribution in [0, 0.1) is 11.8 Å². The highest BCUT2D eigenvalue weighted by Crippen LogP contribution is 1.79. The van der Waals surface area contributed by atoms with E-state index in [1.165, 1.54) is 7.11 Å².